The standard InChI is InChI=1S/C19H16FN5O2/c1-12(26)21-13-5-4-6-14(11-13)22-19(27)17-9-10-18(25-24-17)23-16-8-3-2-7-15(16)20/h2-11H,1H3,(H,21,26)(H,22,27)(H,23,25). The second kappa shape index (κ2) is 8.05. The van der Waals surface area contributed by atoms with E-state index in [1.165, 1.54) is 25.1 Å². The topological polar surface area (TPSA) is 96.0 Å². The van der Waals surface area contributed by atoms with Crippen LogP contribution >= 0.6 is 0 Å². The molecule has 0 atom stereocenters. The van der Waals surface area contributed by atoms with Gasteiger partial charge < -0.3 is 16.0 Å². The second-order valence-electron chi connectivity index (χ2n) is 5.62. The van der Waals surface area contributed by atoms with E-state index in [2.05, 4.69) is 26.1 Å². The van der Waals surface area contributed by atoms with Gasteiger partial charge in [-0.1, -0.05) is 18.2 Å². The van der Waals surface area contributed by atoms with E-state index in [1.807, 2.05) is 0 Å². The van der Waals surface area contributed by atoms with Crippen molar-refractivity contribution in [3.63, 3.8) is 0 Å². The fourth-order valence-corrected chi connectivity index (χ4v) is 2.29. The Bertz CT molecular complexity index is 976. The highest BCUT2D eigenvalue weighted by Gasteiger charge is 2.10. The quantitative estimate of drug-likeness (QED) is 0.642. The fraction of sp³-hybridized carbons (Fsp3) is 0.0526. The number of anilines is 4. The van der Waals surface area contributed by atoms with Crippen molar-refractivity contribution in [2.75, 3.05) is 16.0 Å². The van der Waals surface area contributed by atoms with Gasteiger partial charge in [-0.3, -0.25) is 9.59 Å². The lowest BCUT2D eigenvalue weighted by Gasteiger charge is -2.08. The van der Waals surface area contributed by atoms with Crippen LogP contribution in [0.15, 0.2) is 60.7 Å². The van der Waals surface area contributed by atoms with Gasteiger partial charge in [0.2, 0.25) is 5.91 Å². The fourth-order valence-electron chi connectivity index (χ4n) is 2.29. The summed E-state index contributed by atoms with van der Waals surface area (Å²) in [5.74, 6) is -0.772. The summed E-state index contributed by atoms with van der Waals surface area (Å²) < 4.78 is 13.6. The number of hydrogen-bond donors (Lipinski definition) is 3. The molecule has 0 saturated carbocycles. The van der Waals surface area contributed by atoms with Gasteiger partial charge in [0.25, 0.3) is 5.91 Å². The predicted molar refractivity (Wildman–Crippen MR) is 100 cm³/mol. The SMILES string of the molecule is CC(=O)Nc1cccc(NC(=O)c2ccc(Nc3ccccc3F)nn2)c1. The number of amides is 2. The Morgan fingerprint density at radius 1 is 0.889 bits per heavy atom. The molecule has 0 aliphatic heterocycles. The zero-order valence-corrected chi connectivity index (χ0v) is 14.4. The Morgan fingerprint density at radius 2 is 1.63 bits per heavy atom. The molecule has 2 aromatic carbocycles. The molecule has 0 spiro atoms. The third-order valence-corrected chi connectivity index (χ3v) is 3.47. The van der Waals surface area contributed by atoms with Crippen molar-refractivity contribution in [2.24, 2.45) is 0 Å². The van der Waals surface area contributed by atoms with E-state index in [9.17, 15) is 14.0 Å². The minimum absolute atomic E-state index is 0.0963. The molecule has 0 unspecified atom stereocenters. The first kappa shape index (κ1) is 18.0. The van der Waals surface area contributed by atoms with Gasteiger partial charge in [0.1, 0.15) is 5.82 Å². The van der Waals surface area contributed by atoms with Crippen LogP contribution in [0, 0.1) is 5.82 Å². The van der Waals surface area contributed by atoms with E-state index < -0.39 is 11.7 Å². The predicted octanol–water partition coefficient (Wildman–Crippen LogP) is 3.57. The molecule has 0 fully saturated rings. The highest BCUT2D eigenvalue weighted by molar-refractivity contribution is 6.03. The van der Waals surface area contributed by atoms with Crippen LogP contribution in [-0.2, 0) is 4.79 Å². The lowest BCUT2D eigenvalue weighted by molar-refractivity contribution is -0.114. The molecular formula is C19H16FN5O2. The molecular weight excluding hydrogens is 349 g/mol. The normalized spacial score (nSPS) is 10.1. The highest BCUT2D eigenvalue weighted by atomic mass is 19.1. The summed E-state index contributed by atoms with van der Waals surface area (Å²) in [7, 11) is 0. The second-order valence-corrected chi connectivity index (χ2v) is 5.62. The Morgan fingerprint density at radius 3 is 2.30 bits per heavy atom. The molecule has 8 heteroatoms. The Kier molecular flexibility index (Phi) is 5.36. The van der Waals surface area contributed by atoms with Crippen LogP contribution in [0.4, 0.5) is 27.3 Å². The van der Waals surface area contributed by atoms with E-state index in [1.54, 1.807) is 42.5 Å². The van der Waals surface area contributed by atoms with Crippen molar-refractivity contribution in [1.82, 2.24) is 10.2 Å². The maximum atomic E-state index is 13.6. The van der Waals surface area contributed by atoms with Crippen LogP contribution in [0.1, 0.15) is 17.4 Å². The number of hydrogen-bond acceptors (Lipinski definition) is 5. The number of benzene rings is 2. The van der Waals surface area contributed by atoms with Crippen molar-refractivity contribution in [3.05, 3.63) is 72.2 Å². The molecule has 3 rings (SSSR count). The van der Waals surface area contributed by atoms with E-state index in [0.717, 1.165) is 0 Å². The number of aromatic nitrogens is 2. The van der Waals surface area contributed by atoms with Crippen LogP contribution in [-0.4, -0.2) is 22.0 Å². The maximum Gasteiger partial charge on any atom is 0.276 e. The van der Waals surface area contributed by atoms with Gasteiger partial charge in [-0.15, -0.1) is 10.2 Å². The summed E-state index contributed by atoms with van der Waals surface area (Å²) in [6.45, 7) is 1.40. The van der Waals surface area contributed by atoms with Gasteiger partial charge in [0.15, 0.2) is 11.5 Å². The van der Waals surface area contributed by atoms with Gasteiger partial charge >= 0.3 is 0 Å². The molecule has 0 aliphatic carbocycles. The molecule has 0 aliphatic rings. The first-order valence-corrected chi connectivity index (χ1v) is 8.05. The van der Waals surface area contributed by atoms with Gasteiger partial charge in [-0.25, -0.2) is 4.39 Å². The van der Waals surface area contributed by atoms with Crippen LogP contribution in [0.5, 0.6) is 0 Å². The molecule has 1 heterocycles. The third-order valence-electron chi connectivity index (χ3n) is 3.47. The minimum atomic E-state index is -0.458. The number of para-hydroxylation sites is 1. The maximum absolute atomic E-state index is 13.6. The molecule has 0 saturated heterocycles. The van der Waals surface area contributed by atoms with Crippen LogP contribution in [0.2, 0.25) is 0 Å². The number of nitrogens with one attached hydrogen (secondary N) is 3. The van der Waals surface area contributed by atoms with Gasteiger partial charge in [-0.05, 0) is 42.5 Å². The largest absolute Gasteiger partial charge is 0.336 e. The van der Waals surface area contributed by atoms with Gasteiger partial charge in [0.05, 0.1) is 5.69 Å². The molecule has 7 nitrogen and oxygen atoms in total. The van der Waals surface area contributed by atoms with E-state index in [4.69, 9.17) is 0 Å². The summed E-state index contributed by atoms with van der Waals surface area (Å²) in [6.07, 6.45) is 0. The van der Waals surface area contributed by atoms with E-state index in [0.29, 0.717) is 17.2 Å². The van der Waals surface area contributed by atoms with Crippen LogP contribution < -0.4 is 16.0 Å². The number of carbonyl (C=O) groups excluding carboxylic acids is 2. The van der Waals surface area contributed by atoms with Crippen LogP contribution in [0.25, 0.3) is 0 Å². The molecule has 0 radical (unpaired) electrons. The van der Waals surface area contributed by atoms with Gasteiger partial charge in [0, 0.05) is 18.3 Å². The number of nitrogens with zero attached hydrogens (tertiary/aromatic N) is 2. The zero-order valence-electron chi connectivity index (χ0n) is 14.4. The Hall–Kier alpha value is -3.81. The molecule has 2 amide bonds. The molecule has 3 aromatic rings. The molecule has 27 heavy (non-hydrogen) atoms. The molecule has 136 valence electrons. The third kappa shape index (κ3) is 4.85. The zero-order chi connectivity index (χ0) is 19.2. The summed E-state index contributed by atoms with van der Waals surface area (Å²) in [4.78, 5) is 23.4. The van der Waals surface area contributed by atoms with Crippen molar-refractivity contribution in [3.8, 4) is 0 Å². The van der Waals surface area contributed by atoms with E-state index in [-0.39, 0.29) is 17.3 Å². The summed E-state index contributed by atoms with van der Waals surface area (Å²) in [5.41, 5.74) is 1.43. The monoisotopic (exact) mass is 365 g/mol. The highest BCUT2D eigenvalue weighted by Crippen LogP contribution is 2.18. The average molecular weight is 365 g/mol. The smallest absolute Gasteiger partial charge is 0.276 e. The molecule has 3 N–H and O–H groups in total. The first-order chi connectivity index (χ1) is 13.0. The lowest BCUT2D eigenvalue weighted by atomic mass is 10.2. The van der Waals surface area contributed by atoms with Gasteiger partial charge in [-0.2, -0.15) is 0 Å². The lowest BCUT2D eigenvalue weighted by Crippen LogP contribution is -2.15. The summed E-state index contributed by atoms with van der Waals surface area (Å²) in [6, 6.07) is 15.9. The number of rotatable bonds is 5. The minimum Gasteiger partial charge on any atom is -0.336 e. The van der Waals surface area contributed by atoms with Crippen molar-refractivity contribution < 1.29 is 14.0 Å². The van der Waals surface area contributed by atoms with E-state index >= 15 is 0 Å². The average Bonchev–Trinajstić information content (AvgIpc) is 2.64. The summed E-state index contributed by atoms with van der Waals surface area (Å²) in [5, 5.41) is 15.9. The Labute approximate surface area is 154 Å². The first-order valence-electron chi connectivity index (χ1n) is 8.05. The van der Waals surface area contributed by atoms with Crippen molar-refractivity contribution in [2.45, 2.75) is 6.92 Å². The Balaban J connectivity index is 1.67. The summed E-state index contributed by atoms with van der Waals surface area (Å²) >= 11 is 0. The number of halogens is 1. The molecule has 1 aromatic heterocycles. The van der Waals surface area contributed by atoms with Crippen LogP contribution in [0.3, 0.4) is 0 Å². The van der Waals surface area contributed by atoms with Crippen molar-refractivity contribution in [1.29, 1.82) is 0 Å². The number of carbonyl (C=O) groups is 2. The molecule has 0 bridgehead atoms. The van der Waals surface area contributed by atoms with Crippen molar-refractivity contribution >= 4 is 34.7 Å².